The largest absolute Gasteiger partial charge is 0.479 e. The van der Waals surface area contributed by atoms with Crippen LogP contribution in [0.4, 0.5) is 10.5 Å². The number of fused-ring (bicyclic) bond motifs is 1. The predicted molar refractivity (Wildman–Crippen MR) is 177 cm³/mol. The highest BCUT2D eigenvalue weighted by atomic mass is 35.5. The molecule has 1 amide bonds. The van der Waals surface area contributed by atoms with Crippen molar-refractivity contribution in [2.75, 3.05) is 30.8 Å². The Morgan fingerprint density at radius 3 is 2.60 bits per heavy atom. The van der Waals surface area contributed by atoms with E-state index >= 15 is 0 Å². The lowest BCUT2D eigenvalue weighted by Gasteiger charge is -2.48. The third-order valence-corrected chi connectivity index (χ3v) is 10.8. The highest BCUT2D eigenvalue weighted by Gasteiger charge is 2.50. The van der Waals surface area contributed by atoms with Crippen molar-refractivity contribution in [3.63, 3.8) is 0 Å². The van der Waals surface area contributed by atoms with E-state index in [2.05, 4.69) is 21.0 Å². The number of ether oxygens (including phenoxy) is 2. The number of hydrogen-bond acceptors (Lipinski definition) is 12. The molecule has 0 aliphatic carbocycles. The van der Waals surface area contributed by atoms with Crippen LogP contribution in [-0.4, -0.2) is 126 Å². The van der Waals surface area contributed by atoms with Gasteiger partial charge in [0.25, 0.3) is 0 Å². The second-order valence-electron chi connectivity index (χ2n) is 11.9. The maximum absolute atomic E-state index is 13.9. The first-order valence-electron chi connectivity index (χ1n) is 15.2. The van der Waals surface area contributed by atoms with E-state index in [9.17, 15) is 38.4 Å². The molecule has 1 aromatic carbocycles. The van der Waals surface area contributed by atoms with Crippen LogP contribution in [0.2, 0.25) is 5.02 Å². The molecule has 4 N–H and O–H groups in total. The van der Waals surface area contributed by atoms with Gasteiger partial charge < -0.3 is 29.9 Å². The van der Waals surface area contributed by atoms with Crippen LogP contribution in [0.1, 0.15) is 13.3 Å². The molecule has 5 atom stereocenters. The topological polar surface area (TPSA) is 223 Å². The Balaban J connectivity index is 1.28. The molecule has 17 nitrogen and oxygen atoms in total. The van der Waals surface area contributed by atoms with Gasteiger partial charge in [-0.25, -0.2) is 28.0 Å². The van der Waals surface area contributed by atoms with E-state index in [1.807, 2.05) is 0 Å². The maximum atomic E-state index is 13.9. The molecule has 0 spiro atoms. The fourth-order valence-corrected chi connectivity index (χ4v) is 7.35. The molecule has 264 valence electrons. The fraction of sp³-hybridized carbons (Fsp3) is 0.387. The van der Waals surface area contributed by atoms with Crippen LogP contribution in [-0.2, 0) is 25.1 Å². The van der Waals surface area contributed by atoms with Gasteiger partial charge >= 0.3 is 12.0 Å². The van der Waals surface area contributed by atoms with Crippen LogP contribution < -0.4 is 9.64 Å². The van der Waals surface area contributed by atoms with Gasteiger partial charge in [-0.2, -0.15) is 9.40 Å². The molecule has 0 unspecified atom stereocenters. The molecule has 2 saturated heterocycles. The summed E-state index contributed by atoms with van der Waals surface area (Å²) in [5.41, 5.74) is 0.620. The summed E-state index contributed by atoms with van der Waals surface area (Å²) in [5.74, 6) is 0.945. The first-order valence-corrected chi connectivity index (χ1v) is 17.2. The monoisotopic (exact) mass is 729 g/mol. The Hall–Kier alpha value is -4.61. The first-order chi connectivity index (χ1) is 23.7. The quantitative estimate of drug-likeness (QED) is 0.175. The minimum Gasteiger partial charge on any atom is -0.479 e. The lowest BCUT2D eigenvalue weighted by atomic mass is 9.89. The van der Waals surface area contributed by atoms with Crippen molar-refractivity contribution in [2.24, 2.45) is 0 Å². The third kappa shape index (κ3) is 6.06. The molecule has 2 aliphatic rings. The molecule has 6 rings (SSSR count). The standard InChI is InChI=1S/C31H32ClN7O10S/c1-4-9-31(14-37(15-31)50(46,47)5-2)39-13-17(12-35-39)22-19-8-10-38(27(19)34-16-33-22)30(45)36(3)20-11-18(32)6-7-21(20)48-29-25(42)23(40)24(41)26(49-29)28(43)44/h1,6-8,10-13,16,23-26,29,40-42H,5,9,14-15H2,2-3H3,(H,43,44)/t23-,24-,25+,26-,29+/m0/s1. The molecule has 0 bridgehead atoms. The van der Waals surface area contributed by atoms with E-state index in [1.165, 1.54) is 51.5 Å². The first kappa shape index (κ1) is 35.2. The number of carboxylic acid groups (broad SMARTS) is 1. The van der Waals surface area contributed by atoms with Crippen LogP contribution >= 0.6 is 11.6 Å². The summed E-state index contributed by atoms with van der Waals surface area (Å²) in [6.07, 6.45) is 2.67. The van der Waals surface area contributed by atoms with Gasteiger partial charge in [-0.1, -0.05) is 11.6 Å². The number of benzene rings is 1. The maximum Gasteiger partial charge on any atom is 0.335 e. The number of carbonyl (C=O) groups is 2. The van der Waals surface area contributed by atoms with Gasteiger partial charge in [-0.05, 0) is 31.2 Å². The van der Waals surface area contributed by atoms with Crippen molar-refractivity contribution in [3.8, 4) is 29.4 Å². The molecule has 5 heterocycles. The Kier molecular flexibility index (Phi) is 9.34. The summed E-state index contributed by atoms with van der Waals surface area (Å²) in [7, 11) is -1.98. The van der Waals surface area contributed by atoms with E-state index in [0.717, 1.165) is 0 Å². The highest BCUT2D eigenvalue weighted by molar-refractivity contribution is 7.89. The fourth-order valence-electron chi connectivity index (χ4n) is 5.95. The van der Waals surface area contributed by atoms with Gasteiger partial charge in [0.15, 0.2) is 11.8 Å². The van der Waals surface area contributed by atoms with Crippen LogP contribution in [0.3, 0.4) is 0 Å². The Bertz CT molecular complexity index is 2110. The highest BCUT2D eigenvalue weighted by Crippen LogP contribution is 2.37. The molecule has 2 aliphatic heterocycles. The molecule has 4 aromatic rings. The van der Waals surface area contributed by atoms with Gasteiger partial charge in [0.05, 0.1) is 23.3 Å². The number of hydrogen-bond donors (Lipinski definition) is 4. The minimum absolute atomic E-state index is 0.0284. The van der Waals surface area contributed by atoms with E-state index in [4.69, 9.17) is 27.5 Å². The van der Waals surface area contributed by atoms with Crippen LogP contribution in [0, 0.1) is 12.3 Å². The predicted octanol–water partition coefficient (Wildman–Crippen LogP) is 0.708. The third-order valence-electron chi connectivity index (χ3n) is 8.79. The zero-order chi connectivity index (χ0) is 36.1. The summed E-state index contributed by atoms with van der Waals surface area (Å²) < 4.78 is 40.1. The van der Waals surface area contributed by atoms with E-state index in [-0.39, 0.29) is 47.4 Å². The molecule has 3 aromatic heterocycles. The molecular formula is C31H32ClN7O10S. The van der Waals surface area contributed by atoms with Crippen LogP contribution in [0.25, 0.3) is 22.3 Å². The number of sulfonamides is 1. The number of halogens is 1. The average molecular weight is 730 g/mol. The second kappa shape index (κ2) is 13.3. The number of carbonyl (C=O) groups excluding carboxylic acids is 1. The average Bonchev–Trinajstić information content (AvgIpc) is 3.74. The van der Waals surface area contributed by atoms with E-state index in [1.54, 1.807) is 30.1 Å². The lowest BCUT2D eigenvalue weighted by molar-refractivity contribution is -0.271. The van der Waals surface area contributed by atoms with E-state index in [0.29, 0.717) is 16.6 Å². The van der Waals surface area contributed by atoms with Crippen LogP contribution in [0.5, 0.6) is 5.75 Å². The Morgan fingerprint density at radius 1 is 1.18 bits per heavy atom. The summed E-state index contributed by atoms with van der Waals surface area (Å²) in [6, 6.07) is 5.20. The summed E-state index contributed by atoms with van der Waals surface area (Å²) in [4.78, 5) is 35.4. The van der Waals surface area contributed by atoms with Crippen molar-refractivity contribution >= 4 is 50.3 Å². The number of aromatic nitrogens is 5. The molecule has 19 heteroatoms. The van der Waals surface area contributed by atoms with Crippen LogP contribution in [0.15, 0.2) is 49.2 Å². The van der Waals surface area contributed by atoms with Gasteiger partial charge in [-0.15, -0.1) is 12.3 Å². The lowest BCUT2D eigenvalue weighted by Crippen LogP contribution is -2.64. The Labute approximate surface area is 290 Å². The van der Waals surface area contributed by atoms with E-state index < -0.39 is 58.3 Å². The normalized spacial score (nSPS) is 23.6. The Morgan fingerprint density at radius 2 is 1.92 bits per heavy atom. The molecule has 0 saturated carbocycles. The molecule has 2 fully saturated rings. The second-order valence-corrected chi connectivity index (χ2v) is 14.6. The SMILES string of the molecule is C#CCC1(n2cc(-c3ncnc4c3ccn4C(=O)N(C)c3cc(Cl)ccc3O[C@@H]3O[C@H](C(=O)O)[C@@H](O)[C@H](O)[C@H]3O)cn2)CN(S(=O)(=O)CC)C1. The van der Waals surface area contributed by atoms with Gasteiger partial charge in [0.1, 0.15) is 35.9 Å². The van der Waals surface area contributed by atoms with Gasteiger partial charge in [-0.3, -0.25) is 14.1 Å². The van der Waals surface area contributed by atoms with Crippen molar-refractivity contribution in [3.05, 3.63) is 54.2 Å². The summed E-state index contributed by atoms with van der Waals surface area (Å²) in [6.45, 7) is 1.93. The number of aliphatic carboxylic acids is 1. The number of nitrogens with zero attached hydrogens (tertiary/aromatic N) is 7. The van der Waals surface area contributed by atoms with Crippen molar-refractivity contribution in [1.29, 1.82) is 0 Å². The smallest absolute Gasteiger partial charge is 0.335 e. The molecule has 50 heavy (non-hydrogen) atoms. The zero-order valence-electron chi connectivity index (χ0n) is 26.6. The zero-order valence-corrected chi connectivity index (χ0v) is 28.1. The number of carboxylic acids is 1. The van der Waals surface area contributed by atoms with Crippen molar-refractivity contribution < 1.29 is 47.9 Å². The molecular weight excluding hydrogens is 698 g/mol. The van der Waals surface area contributed by atoms with Crippen molar-refractivity contribution in [2.45, 2.75) is 49.6 Å². The summed E-state index contributed by atoms with van der Waals surface area (Å²) >= 11 is 6.26. The van der Waals surface area contributed by atoms with Gasteiger partial charge in [0.2, 0.25) is 16.3 Å². The van der Waals surface area contributed by atoms with Gasteiger partial charge in [0, 0.05) is 54.9 Å². The summed E-state index contributed by atoms with van der Waals surface area (Å²) in [5, 5.41) is 45.3. The number of aliphatic hydroxyl groups excluding tert-OH is 3. The number of aliphatic hydroxyl groups is 3. The molecule has 0 radical (unpaired) electrons. The van der Waals surface area contributed by atoms with Crippen molar-refractivity contribution in [1.82, 2.24) is 28.6 Å². The number of rotatable bonds is 9. The number of terminal acetylenes is 1. The number of anilines is 1. The number of amides is 1. The minimum atomic E-state index is -3.40.